The summed E-state index contributed by atoms with van der Waals surface area (Å²) in [5, 5.41) is 79.0. The van der Waals surface area contributed by atoms with Crippen LogP contribution in [0.25, 0.3) is 0 Å². The van der Waals surface area contributed by atoms with Crippen molar-refractivity contribution in [2.24, 2.45) is 23.7 Å². The number of ether oxygens (including phenoxy) is 2. The molecule has 10 atom stereocenters. The zero-order valence-corrected chi connectivity index (χ0v) is 32.9. The fourth-order valence-electron chi connectivity index (χ4n) is 6.73. The third-order valence-corrected chi connectivity index (χ3v) is 9.99. The molecule has 0 bridgehead atoms. The molecular formula is C39H63NO16. The zero-order valence-electron chi connectivity index (χ0n) is 32.9. The largest absolute Gasteiger partial charge is 0.506 e. The van der Waals surface area contributed by atoms with Gasteiger partial charge < -0.3 is 55.2 Å². The number of hydrogen-bond donors (Lipinski definition) is 8. The number of aliphatic carboxylic acids is 4. The first-order chi connectivity index (χ1) is 26.2. The second-order valence-corrected chi connectivity index (χ2v) is 15.1. The molecule has 0 fully saturated rings. The molecule has 1 rings (SSSR count). The number of aliphatic hydroxyl groups excluding tert-OH is 4. The third-order valence-electron chi connectivity index (χ3n) is 9.99. The van der Waals surface area contributed by atoms with Crippen LogP contribution in [0.1, 0.15) is 118 Å². The standard InChI is InChI=1S/C39H63NO16/c1-5-6-10-24(3)37(56-36(50)20-27(39(53)54)18-34(47)48)32(55-35(49)19-26(38(51)52)17-33(45)46)16-23(2)15-28(41)11-7-8-12-29(42)21-31(44)25(4)40-14-9-13-30(43)22-40/h9,13,22-29,31-32,37,41-44H,5-8,10-12,14-21H2,1-4H3,(H,45,46)(H,47,48)(H,51,52)(H,53,54)/t23-,24+,25+,26+,27-,28+,29-,31-,32+,37-/m0/s1. The Morgan fingerprint density at radius 2 is 1.23 bits per heavy atom. The van der Waals surface area contributed by atoms with Gasteiger partial charge in [0.25, 0.3) is 0 Å². The molecule has 0 amide bonds. The van der Waals surface area contributed by atoms with Gasteiger partial charge in [-0.15, -0.1) is 0 Å². The molecule has 0 saturated heterocycles. The molecule has 17 nitrogen and oxygen atoms in total. The first kappa shape index (κ1) is 49.8. The van der Waals surface area contributed by atoms with E-state index in [-0.39, 0.29) is 37.0 Å². The van der Waals surface area contributed by atoms with E-state index in [1.165, 1.54) is 6.20 Å². The van der Waals surface area contributed by atoms with Crippen LogP contribution in [0.15, 0.2) is 24.1 Å². The van der Waals surface area contributed by atoms with Crippen molar-refractivity contribution < 1.29 is 79.1 Å². The fourth-order valence-corrected chi connectivity index (χ4v) is 6.73. The zero-order chi connectivity index (χ0) is 42.5. The number of aliphatic hydroxyl groups is 4. The van der Waals surface area contributed by atoms with Gasteiger partial charge in [-0.3, -0.25) is 28.8 Å². The van der Waals surface area contributed by atoms with E-state index in [9.17, 15) is 59.4 Å². The Balaban J connectivity index is 3.03. The first-order valence-electron chi connectivity index (χ1n) is 19.4. The highest BCUT2D eigenvalue weighted by molar-refractivity contribution is 5.83. The van der Waals surface area contributed by atoms with Crippen LogP contribution < -0.4 is 0 Å². The molecule has 320 valence electrons. The molecule has 0 radical (unpaired) electrons. The number of carboxylic acids is 4. The van der Waals surface area contributed by atoms with E-state index in [2.05, 4.69) is 0 Å². The minimum atomic E-state index is -1.60. The topological polar surface area (TPSA) is 286 Å². The van der Waals surface area contributed by atoms with Crippen LogP contribution >= 0.6 is 0 Å². The highest BCUT2D eigenvalue weighted by Gasteiger charge is 2.37. The summed E-state index contributed by atoms with van der Waals surface area (Å²) in [6.07, 6.45) is 0.812. The molecule has 0 spiro atoms. The monoisotopic (exact) mass is 801 g/mol. The van der Waals surface area contributed by atoms with E-state index in [1.54, 1.807) is 37.8 Å². The lowest BCUT2D eigenvalue weighted by molar-refractivity contribution is -0.177. The highest BCUT2D eigenvalue weighted by atomic mass is 16.6. The van der Waals surface area contributed by atoms with E-state index in [1.807, 2.05) is 6.92 Å². The lowest BCUT2D eigenvalue weighted by atomic mass is 9.87. The molecule has 0 saturated carbocycles. The minimum Gasteiger partial charge on any atom is -0.506 e. The van der Waals surface area contributed by atoms with Crippen molar-refractivity contribution >= 4 is 35.8 Å². The predicted molar refractivity (Wildman–Crippen MR) is 200 cm³/mol. The number of unbranched alkanes of at least 4 members (excludes halogenated alkanes) is 2. The molecule has 1 aliphatic rings. The second-order valence-electron chi connectivity index (χ2n) is 15.1. The van der Waals surface area contributed by atoms with Gasteiger partial charge in [-0.25, -0.2) is 0 Å². The number of carbonyl (C=O) groups is 6. The summed E-state index contributed by atoms with van der Waals surface area (Å²) in [6, 6.07) is -0.345. The van der Waals surface area contributed by atoms with Crippen molar-refractivity contribution in [1.82, 2.24) is 4.90 Å². The number of allylic oxidation sites excluding steroid dienone is 1. The minimum absolute atomic E-state index is 0.0138. The van der Waals surface area contributed by atoms with Crippen LogP contribution in [-0.4, -0.2) is 125 Å². The Kier molecular flexibility index (Phi) is 23.0. The molecule has 0 aromatic rings. The maximum atomic E-state index is 13.1. The number of rotatable bonds is 30. The lowest BCUT2D eigenvalue weighted by Crippen LogP contribution is -2.42. The fraction of sp³-hybridized carbons (Fsp3) is 0.744. The molecule has 0 aliphatic carbocycles. The van der Waals surface area contributed by atoms with Gasteiger partial charge >= 0.3 is 35.8 Å². The predicted octanol–water partition coefficient (Wildman–Crippen LogP) is 3.88. The number of carboxylic acid groups (broad SMARTS) is 4. The van der Waals surface area contributed by atoms with Crippen LogP contribution in [0.4, 0.5) is 0 Å². The van der Waals surface area contributed by atoms with Crippen molar-refractivity contribution in [3.05, 3.63) is 24.1 Å². The van der Waals surface area contributed by atoms with Crippen LogP contribution in [0.2, 0.25) is 0 Å². The van der Waals surface area contributed by atoms with E-state index in [0.29, 0.717) is 45.1 Å². The molecule has 0 aromatic carbocycles. The molecule has 17 heteroatoms. The normalized spacial score (nSPS) is 18.2. The van der Waals surface area contributed by atoms with Crippen LogP contribution in [0, 0.1) is 23.7 Å². The van der Waals surface area contributed by atoms with E-state index >= 15 is 0 Å². The SMILES string of the molecule is CCCC[C@@H](C)[C@H](OC(=O)C[C@H](CC(=O)O)C(=O)O)[C@@H](C[C@@H](C)C[C@H](O)CCCC[C@H](O)C[C@H](O)[C@@H](C)N1C=C(O)C=CC1)OC(=O)C[C@@H](CC(=O)O)C(=O)O. The van der Waals surface area contributed by atoms with Crippen LogP contribution in [0.5, 0.6) is 0 Å². The summed E-state index contributed by atoms with van der Waals surface area (Å²) in [4.78, 5) is 73.8. The smallest absolute Gasteiger partial charge is 0.307 e. The Bertz CT molecular complexity index is 1330. The number of hydrogen-bond acceptors (Lipinski definition) is 13. The first-order valence-corrected chi connectivity index (χ1v) is 19.4. The van der Waals surface area contributed by atoms with Gasteiger partial charge in [0.2, 0.25) is 0 Å². The Morgan fingerprint density at radius 3 is 1.71 bits per heavy atom. The molecule has 56 heavy (non-hydrogen) atoms. The molecule has 0 unspecified atom stereocenters. The van der Waals surface area contributed by atoms with Gasteiger partial charge in [-0.05, 0) is 56.9 Å². The lowest BCUT2D eigenvalue weighted by Gasteiger charge is -2.33. The van der Waals surface area contributed by atoms with Crippen molar-refractivity contribution in [1.29, 1.82) is 0 Å². The molecular weight excluding hydrogens is 738 g/mol. The number of carbonyl (C=O) groups excluding carboxylic acids is 2. The van der Waals surface area contributed by atoms with Gasteiger partial charge in [0.05, 0.1) is 61.9 Å². The quantitative estimate of drug-likeness (QED) is 0.0378. The van der Waals surface area contributed by atoms with Crippen molar-refractivity contribution in [2.75, 3.05) is 6.54 Å². The summed E-state index contributed by atoms with van der Waals surface area (Å²) >= 11 is 0. The third kappa shape index (κ3) is 20.1. The Hall–Kier alpha value is -4.22. The summed E-state index contributed by atoms with van der Waals surface area (Å²) < 4.78 is 11.5. The van der Waals surface area contributed by atoms with Crippen molar-refractivity contribution in [3.8, 4) is 0 Å². The summed E-state index contributed by atoms with van der Waals surface area (Å²) in [5.74, 6) is -12.0. The van der Waals surface area contributed by atoms with Crippen LogP contribution in [-0.2, 0) is 38.2 Å². The molecule has 0 aromatic heterocycles. The van der Waals surface area contributed by atoms with Gasteiger partial charge in [0, 0.05) is 19.2 Å². The van der Waals surface area contributed by atoms with Crippen molar-refractivity contribution in [3.63, 3.8) is 0 Å². The van der Waals surface area contributed by atoms with E-state index < -0.39 is 110 Å². The summed E-state index contributed by atoms with van der Waals surface area (Å²) in [7, 11) is 0. The van der Waals surface area contributed by atoms with E-state index in [4.69, 9.17) is 19.7 Å². The summed E-state index contributed by atoms with van der Waals surface area (Å²) in [6.45, 7) is 7.73. The highest BCUT2D eigenvalue weighted by Crippen LogP contribution is 2.29. The van der Waals surface area contributed by atoms with Gasteiger partial charge in [-0.2, -0.15) is 0 Å². The number of esters is 2. The molecule has 1 aliphatic heterocycles. The maximum absolute atomic E-state index is 13.1. The average Bonchev–Trinajstić information content (AvgIpc) is 3.09. The number of nitrogens with zero attached hydrogens (tertiary/aromatic N) is 1. The van der Waals surface area contributed by atoms with Gasteiger partial charge in [0.1, 0.15) is 18.0 Å². The summed E-state index contributed by atoms with van der Waals surface area (Å²) in [5.41, 5.74) is 0. The van der Waals surface area contributed by atoms with E-state index in [0.717, 1.165) is 6.42 Å². The van der Waals surface area contributed by atoms with Gasteiger partial charge in [0.15, 0.2) is 0 Å². The van der Waals surface area contributed by atoms with Crippen LogP contribution in [0.3, 0.4) is 0 Å². The van der Waals surface area contributed by atoms with Crippen molar-refractivity contribution in [2.45, 2.75) is 154 Å². The van der Waals surface area contributed by atoms with Gasteiger partial charge in [-0.1, -0.05) is 52.5 Å². The maximum Gasteiger partial charge on any atom is 0.307 e. The average molecular weight is 802 g/mol. The molecule has 8 N–H and O–H groups in total. The molecule has 1 heterocycles. The Labute approximate surface area is 328 Å². The second kappa shape index (κ2) is 25.8. The Morgan fingerprint density at radius 1 is 0.714 bits per heavy atom.